The Kier molecular flexibility index (Phi) is 4.21. The molecule has 1 aliphatic carbocycles. The van der Waals surface area contributed by atoms with Gasteiger partial charge >= 0.3 is 0 Å². The minimum absolute atomic E-state index is 0.747. The van der Waals surface area contributed by atoms with Gasteiger partial charge in [0.15, 0.2) is 0 Å². The third-order valence-electron chi connectivity index (χ3n) is 4.39. The molecule has 0 bridgehead atoms. The van der Waals surface area contributed by atoms with Crippen LogP contribution in [0, 0.1) is 11.8 Å². The molecule has 1 aromatic rings. The van der Waals surface area contributed by atoms with Gasteiger partial charge in [-0.3, -0.25) is 4.68 Å². The summed E-state index contributed by atoms with van der Waals surface area (Å²) >= 11 is 0. The molecule has 1 aliphatic rings. The molecule has 96 valence electrons. The molecule has 3 heteroatoms. The third kappa shape index (κ3) is 2.89. The lowest BCUT2D eigenvalue weighted by Crippen LogP contribution is -2.32. The molecule has 0 radical (unpaired) electrons. The van der Waals surface area contributed by atoms with Crippen LogP contribution in [0.1, 0.15) is 38.8 Å². The largest absolute Gasteiger partial charge is 0.314 e. The van der Waals surface area contributed by atoms with Crippen LogP contribution in [0.15, 0.2) is 12.3 Å². The molecule has 0 aromatic carbocycles. The van der Waals surface area contributed by atoms with E-state index < -0.39 is 0 Å². The quantitative estimate of drug-likeness (QED) is 0.849. The summed E-state index contributed by atoms with van der Waals surface area (Å²) in [6.07, 6.45) is 7.11. The lowest BCUT2D eigenvalue weighted by molar-refractivity contribution is 0.339. The summed E-state index contributed by atoms with van der Waals surface area (Å²) in [7, 11) is 2.04. The topological polar surface area (TPSA) is 29.9 Å². The SMILES string of the molecule is CCNC1CCC(CCc2ccnn2C)C1C. The maximum atomic E-state index is 4.23. The van der Waals surface area contributed by atoms with Crippen molar-refractivity contribution in [2.75, 3.05) is 6.54 Å². The minimum atomic E-state index is 0.747. The van der Waals surface area contributed by atoms with Crippen molar-refractivity contribution < 1.29 is 0 Å². The summed E-state index contributed by atoms with van der Waals surface area (Å²) in [6.45, 7) is 5.72. The van der Waals surface area contributed by atoms with Gasteiger partial charge in [0.1, 0.15) is 0 Å². The highest BCUT2D eigenvalue weighted by Crippen LogP contribution is 2.34. The molecule has 0 spiro atoms. The Morgan fingerprint density at radius 3 is 2.94 bits per heavy atom. The third-order valence-corrected chi connectivity index (χ3v) is 4.39. The monoisotopic (exact) mass is 235 g/mol. The molecule has 0 amide bonds. The molecule has 1 N–H and O–H groups in total. The molecular formula is C14H25N3. The maximum Gasteiger partial charge on any atom is 0.0492 e. The van der Waals surface area contributed by atoms with Gasteiger partial charge in [0.05, 0.1) is 0 Å². The number of hydrogen-bond donors (Lipinski definition) is 1. The van der Waals surface area contributed by atoms with E-state index in [4.69, 9.17) is 0 Å². The van der Waals surface area contributed by atoms with Crippen molar-refractivity contribution in [2.24, 2.45) is 18.9 Å². The highest BCUT2D eigenvalue weighted by Gasteiger charge is 2.31. The number of aryl methyl sites for hydroxylation is 2. The predicted molar refractivity (Wildman–Crippen MR) is 70.9 cm³/mol. The first-order valence-corrected chi connectivity index (χ1v) is 6.92. The van der Waals surface area contributed by atoms with E-state index in [9.17, 15) is 0 Å². The first-order chi connectivity index (χ1) is 8.22. The summed E-state index contributed by atoms with van der Waals surface area (Å²) in [6, 6.07) is 2.89. The van der Waals surface area contributed by atoms with Gasteiger partial charge in [0, 0.05) is 25.0 Å². The average Bonchev–Trinajstić information content (AvgIpc) is 2.86. The molecule has 1 heterocycles. The van der Waals surface area contributed by atoms with Crippen LogP contribution in [0.4, 0.5) is 0 Å². The van der Waals surface area contributed by atoms with Crippen LogP contribution in [0.5, 0.6) is 0 Å². The highest BCUT2D eigenvalue weighted by atomic mass is 15.2. The number of nitrogens with one attached hydrogen (secondary N) is 1. The fourth-order valence-electron chi connectivity index (χ4n) is 3.19. The van der Waals surface area contributed by atoms with Crippen molar-refractivity contribution in [3.05, 3.63) is 18.0 Å². The molecule has 3 nitrogen and oxygen atoms in total. The molecule has 0 aliphatic heterocycles. The lowest BCUT2D eigenvalue weighted by atomic mass is 9.91. The standard InChI is InChI=1S/C14H25N3/c1-4-15-14-8-6-12(11(14)2)5-7-13-9-10-16-17(13)3/h9-12,14-15H,4-8H2,1-3H3. The lowest BCUT2D eigenvalue weighted by Gasteiger charge is -2.21. The summed E-state index contributed by atoms with van der Waals surface area (Å²) < 4.78 is 2.00. The number of nitrogens with zero attached hydrogens (tertiary/aromatic N) is 2. The molecular weight excluding hydrogens is 210 g/mol. The van der Waals surface area contributed by atoms with E-state index in [0.717, 1.165) is 24.4 Å². The predicted octanol–water partition coefficient (Wildman–Crippen LogP) is 2.38. The Labute approximate surface area is 105 Å². The smallest absolute Gasteiger partial charge is 0.0492 e. The molecule has 1 fully saturated rings. The summed E-state index contributed by atoms with van der Waals surface area (Å²) in [5.74, 6) is 1.71. The van der Waals surface area contributed by atoms with Crippen molar-refractivity contribution in [2.45, 2.75) is 45.6 Å². The van der Waals surface area contributed by atoms with Gasteiger partial charge in [-0.2, -0.15) is 5.10 Å². The fraction of sp³-hybridized carbons (Fsp3) is 0.786. The molecule has 3 atom stereocenters. The van der Waals surface area contributed by atoms with Crippen molar-refractivity contribution in [1.29, 1.82) is 0 Å². The molecule has 1 saturated carbocycles. The van der Waals surface area contributed by atoms with Crippen LogP contribution in [-0.2, 0) is 13.5 Å². The van der Waals surface area contributed by atoms with E-state index in [1.807, 2.05) is 17.9 Å². The van der Waals surface area contributed by atoms with E-state index in [1.165, 1.54) is 31.4 Å². The van der Waals surface area contributed by atoms with Crippen LogP contribution in [0.3, 0.4) is 0 Å². The van der Waals surface area contributed by atoms with Crippen LogP contribution in [-0.4, -0.2) is 22.4 Å². The van der Waals surface area contributed by atoms with E-state index >= 15 is 0 Å². The van der Waals surface area contributed by atoms with Crippen LogP contribution in [0.25, 0.3) is 0 Å². The Morgan fingerprint density at radius 1 is 1.47 bits per heavy atom. The average molecular weight is 235 g/mol. The highest BCUT2D eigenvalue weighted by molar-refractivity contribution is 5.01. The molecule has 2 rings (SSSR count). The van der Waals surface area contributed by atoms with Crippen LogP contribution in [0.2, 0.25) is 0 Å². The van der Waals surface area contributed by atoms with Gasteiger partial charge in [0.2, 0.25) is 0 Å². The van der Waals surface area contributed by atoms with Crippen LogP contribution < -0.4 is 5.32 Å². The minimum Gasteiger partial charge on any atom is -0.314 e. The Balaban J connectivity index is 1.83. The molecule has 3 unspecified atom stereocenters. The normalized spacial score (nSPS) is 28.8. The number of aromatic nitrogens is 2. The Morgan fingerprint density at radius 2 is 2.29 bits per heavy atom. The van der Waals surface area contributed by atoms with E-state index in [-0.39, 0.29) is 0 Å². The van der Waals surface area contributed by atoms with Crippen LogP contribution >= 0.6 is 0 Å². The number of rotatable bonds is 5. The van der Waals surface area contributed by atoms with Crippen molar-refractivity contribution in [1.82, 2.24) is 15.1 Å². The van der Waals surface area contributed by atoms with Gasteiger partial charge in [-0.15, -0.1) is 0 Å². The second-order valence-electron chi connectivity index (χ2n) is 5.35. The zero-order valence-corrected chi connectivity index (χ0v) is 11.3. The first-order valence-electron chi connectivity index (χ1n) is 6.92. The Hall–Kier alpha value is -0.830. The summed E-state index contributed by atoms with van der Waals surface area (Å²) in [5.41, 5.74) is 1.36. The molecule has 1 aromatic heterocycles. The van der Waals surface area contributed by atoms with E-state index in [1.54, 1.807) is 0 Å². The van der Waals surface area contributed by atoms with Gasteiger partial charge < -0.3 is 5.32 Å². The summed E-state index contributed by atoms with van der Waals surface area (Å²) in [5, 5.41) is 7.84. The van der Waals surface area contributed by atoms with Crippen molar-refractivity contribution >= 4 is 0 Å². The van der Waals surface area contributed by atoms with Gasteiger partial charge in [-0.05, 0) is 50.1 Å². The second kappa shape index (κ2) is 5.67. The van der Waals surface area contributed by atoms with Gasteiger partial charge in [-0.1, -0.05) is 13.8 Å². The Bertz CT molecular complexity index is 345. The zero-order valence-electron chi connectivity index (χ0n) is 11.3. The number of hydrogen-bond acceptors (Lipinski definition) is 2. The van der Waals surface area contributed by atoms with Gasteiger partial charge in [-0.25, -0.2) is 0 Å². The fourth-order valence-corrected chi connectivity index (χ4v) is 3.19. The van der Waals surface area contributed by atoms with Crippen molar-refractivity contribution in [3.8, 4) is 0 Å². The first kappa shape index (κ1) is 12.6. The summed E-state index contributed by atoms with van der Waals surface area (Å²) in [4.78, 5) is 0. The van der Waals surface area contributed by atoms with E-state index in [0.29, 0.717) is 0 Å². The molecule has 0 saturated heterocycles. The van der Waals surface area contributed by atoms with Gasteiger partial charge in [0.25, 0.3) is 0 Å². The van der Waals surface area contributed by atoms with E-state index in [2.05, 4.69) is 30.3 Å². The zero-order chi connectivity index (χ0) is 12.3. The maximum absolute atomic E-state index is 4.23. The van der Waals surface area contributed by atoms with Crippen molar-refractivity contribution in [3.63, 3.8) is 0 Å². The molecule has 17 heavy (non-hydrogen) atoms. The second-order valence-corrected chi connectivity index (χ2v) is 5.35.